The van der Waals surface area contributed by atoms with E-state index in [1.807, 2.05) is 0 Å². The molecular weight excluding hydrogens is 486 g/mol. The van der Waals surface area contributed by atoms with Crippen LogP contribution in [0, 0.1) is 0 Å². The molecule has 0 atom stereocenters. The van der Waals surface area contributed by atoms with Crippen molar-refractivity contribution in [3.05, 3.63) is 91.0 Å². The zero-order chi connectivity index (χ0) is 20.4. The first-order valence-electron chi connectivity index (χ1n) is 10.5. The van der Waals surface area contributed by atoms with Crippen LogP contribution < -0.4 is 30.1 Å². The second kappa shape index (κ2) is 12.9. The maximum atomic E-state index is 2.39. The third kappa shape index (κ3) is 6.25. The topological polar surface area (TPSA) is 0 Å². The van der Waals surface area contributed by atoms with Gasteiger partial charge < -0.3 is 24.8 Å². The molecule has 5 aromatic carbocycles. The van der Waals surface area contributed by atoms with Gasteiger partial charge in [0, 0.05) is 0 Å². The van der Waals surface area contributed by atoms with Crippen LogP contribution in [0.4, 0.5) is 0 Å². The van der Waals surface area contributed by atoms with Crippen LogP contribution in [-0.4, -0.2) is 11.3 Å². The molecule has 5 aromatic rings. The average Bonchev–Trinajstić information content (AvgIpc) is 3.29. The van der Waals surface area contributed by atoms with E-state index < -0.39 is 0 Å². The summed E-state index contributed by atoms with van der Waals surface area (Å²) in [4.78, 5) is 0. The fourth-order valence-corrected chi connectivity index (χ4v) is 7.34. The minimum absolute atomic E-state index is 0. The number of hydrogen-bond acceptors (Lipinski definition) is 0. The van der Waals surface area contributed by atoms with E-state index >= 15 is 0 Å². The Morgan fingerprint density at radius 3 is 1.50 bits per heavy atom. The van der Waals surface area contributed by atoms with Crippen LogP contribution in [0.3, 0.4) is 0 Å². The standard InChI is InChI=1S/C15H20P.C13H9.2ClH.Ti/c1-11(2)16(12(3)4)15-9-13-7-5-6-8-14(13)10-15;1-3-7-12-10(5-1)9-11-6-2-4-8-13(11)12;;;/h5-12H,1-4H3;1-9H;2*1H;/q2*-1;;;+4/p-2. The van der Waals surface area contributed by atoms with Crippen molar-refractivity contribution in [2.75, 3.05) is 0 Å². The van der Waals surface area contributed by atoms with Crippen LogP contribution in [0.15, 0.2) is 91.0 Å². The van der Waals surface area contributed by atoms with Crippen molar-refractivity contribution in [1.29, 1.82) is 0 Å². The summed E-state index contributed by atoms with van der Waals surface area (Å²) in [5, 5.41) is 9.75. The summed E-state index contributed by atoms with van der Waals surface area (Å²) in [5.41, 5.74) is 1.54. The van der Waals surface area contributed by atoms with Gasteiger partial charge in [0.05, 0.1) is 0 Å². The van der Waals surface area contributed by atoms with Gasteiger partial charge in [0.2, 0.25) is 0 Å². The molecule has 0 bridgehead atoms. The van der Waals surface area contributed by atoms with Gasteiger partial charge in [0.15, 0.2) is 0 Å². The monoisotopic (exact) mass is 514 g/mol. The Balaban J connectivity index is 0.000000296. The summed E-state index contributed by atoms with van der Waals surface area (Å²) >= 11 is 0. The van der Waals surface area contributed by atoms with Gasteiger partial charge in [-0.25, -0.2) is 0 Å². The quantitative estimate of drug-likeness (QED) is 0.197. The fraction of sp³-hybridized carbons (Fsp3) is 0.214. The van der Waals surface area contributed by atoms with Crippen LogP contribution in [0.2, 0.25) is 0 Å². The molecule has 0 aliphatic rings. The molecular formula is C28H29Cl2PTi. The first kappa shape index (κ1) is 28.9. The molecule has 0 saturated carbocycles. The van der Waals surface area contributed by atoms with Gasteiger partial charge in [-0.05, 0) is 11.3 Å². The number of fused-ring (bicyclic) bond motifs is 4. The number of halogens is 2. The van der Waals surface area contributed by atoms with Crippen molar-refractivity contribution in [3.63, 3.8) is 0 Å². The Bertz CT molecular complexity index is 1140. The molecule has 4 heteroatoms. The van der Waals surface area contributed by atoms with Crippen molar-refractivity contribution in [2.45, 2.75) is 39.0 Å². The first-order valence-corrected chi connectivity index (χ1v) is 12.0. The molecule has 32 heavy (non-hydrogen) atoms. The second-order valence-electron chi connectivity index (χ2n) is 8.26. The third-order valence-corrected chi connectivity index (χ3v) is 8.62. The number of rotatable bonds is 3. The fourth-order valence-electron chi connectivity index (χ4n) is 4.38. The number of hydrogen-bond donors (Lipinski definition) is 0. The Morgan fingerprint density at radius 2 is 1.03 bits per heavy atom. The Kier molecular flexibility index (Phi) is 11.7. The summed E-state index contributed by atoms with van der Waals surface area (Å²) in [5.74, 6) is 0. The minimum Gasteiger partial charge on any atom is -1.00 e. The van der Waals surface area contributed by atoms with Gasteiger partial charge in [-0.15, -0.1) is 80.1 Å². The van der Waals surface area contributed by atoms with E-state index in [9.17, 15) is 0 Å². The van der Waals surface area contributed by atoms with Crippen LogP contribution in [0.1, 0.15) is 27.7 Å². The minimum atomic E-state index is -0.0206. The van der Waals surface area contributed by atoms with Gasteiger partial charge in [-0.2, -0.15) is 6.07 Å². The molecule has 164 valence electrons. The Labute approximate surface area is 221 Å². The molecule has 0 aliphatic heterocycles. The van der Waals surface area contributed by atoms with Crippen molar-refractivity contribution in [3.8, 4) is 0 Å². The molecule has 0 radical (unpaired) electrons. The van der Waals surface area contributed by atoms with E-state index in [1.165, 1.54) is 32.3 Å². The van der Waals surface area contributed by atoms with E-state index in [4.69, 9.17) is 0 Å². The third-order valence-electron chi connectivity index (χ3n) is 5.54. The van der Waals surface area contributed by atoms with Crippen molar-refractivity contribution < 1.29 is 46.5 Å². The second-order valence-corrected chi connectivity index (χ2v) is 11.7. The van der Waals surface area contributed by atoms with Gasteiger partial charge in [0.25, 0.3) is 0 Å². The van der Waals surface area contributed by atoms with Crippen LogP contribution in [-0.2, 0) is 21.7 Å². The maximum absolute atomic E-state index is 2.39. The Morgan fingerprint density at radius 1 is 0.594 bits per heavy atom. The molecule has 0 fully saturated rings. The van der Waals surface area contributed by atoms with E-state index in [2.05, 4.69) is 119 Å². The van der Waals surface area contributed by atoms with Crippen molar-refractivity contribution >= 4 is 45.5 Å². The maximum Gasteiger partial charge on any atom is 4.00 e. The van der Waals surface area contributed by atoms with E-state index in [0.29, 0.717) is 0 Å². The van der Waals surface area contributed by atoms with Gasteiger partial charge in [-0.3, -0.25) is 0 Å². The normalized spacial score (nSPS) is 10.6. The molecule has 5 rings (SSSR count). The van der Waals surface area contributed by atoms with Crippen LogP contribution in [0.25, 0.3) is 32.3 Å². The smallest absolute Gasteiger partial charge is 1.00 e. The molecule has 0 heterocycles. The summed E-state index contributed by atoms with van der Waals surface area (Å²) in [7, 11) is -0.0206. The van der Waals surface area contributed by atoms with Gasteiger partial charge >= 0.3 is 21.7 Å². The summed E-state index contributed by atoms with van der Waals surface area (Å²) in [6, 6.07) is 32.7. The summed E-state index contributed by atoms with van der Waals surface area (Å²) in [6.45, 7) is 9.40. The molecule has 0 spiro atoms. The molecule has 0 N–H and O–H groups in total. The van der Waals surface area contributed by atoms with Crippen LogP contribution in [0.5, 0.6) is 0 Å². The van der Waals surface area contributed by atoms with Gasteiger partial charge in [-0.1, -0.05) is 78.1 Å². The zero-order valence-electron chi connectivity index (χ0n) is 19.0. The predicted octanol–water partition coefficient (Wildman–Crippen LogP) is 2.20. The van der Waals surface area contributed by atoms with E-state index in [1.54, 1.807) is 5.30 Å². The molecule has 0 aliphatic carbocycles. The molecule has 0 amide bonds. The van der Waals surface area contributed by atoms with Crippen LogP contribution >= 0.6 is 7.92 Å². The zero-order valence-corrected chi connectivity index (χ0v) is 23.0. The summed E-state index contributed by atoms with van der Waals surface area (Å²) < 4.78 is 0. The Hall–Kier alpha value is -1.14. The SMILES string of the molecule is CC(C)P(c1cc2ccccc2[cH-]1)C(C)C.[Cl-].[Cl-].[Ti+4].c1ccc2c(c1)[cH-]c1ccccc12. The van der Waals surface area contributed by atoms with Crippen molar-refractivity contribution in [1.82, 2.24) is 0 Å². The van der Waals surface area contributed by atoms with Crippen molar-refractivity contribution in [2.24, 2.45) is 0 Å². The average molecular weight is 515 g/mol. The summed E-state index contributed by atoms with van der Waals surface area (Å²) in [6.07, 6.45) is 0. The number of benzene rings is 3. The van der Waals surface area contributed by atoms with Gasteiger partial charge in [0.1, 0.15) is 0 Å². The first-order chi connectivity index (χ1) is 14.0. The predicted molar refractivity (Wildman–Crippen MR) is 133 cm³/mol. The molecule has 0 aromatic heterocycles. The van der Waals surface area contributed by atoms with E-state index in [-0.39, 0.29) is 54.5 Å². The van der Waals surface area contributed by atoms with E-state index in [0.717, 1.165) is 11.3 Å². The molecule has 0 nitrogen and oxygen atoms in total. The molecule has 0 unspecified atom stereocenters. The molecule has 0 saturated heterocycles. The largest absolute Gasteiger partial charge is 4.00 e.